The van der Waals surface area contributed by atoms with E-state index in [9.17, 15) is 18.0 Å². The van der Waals surface area contributed by atoms with Gasteiger partial charge >= 0.3 is 6.18 Å². The lowest BCUT2D eigenvalue weighted by atomic mass is 9.98. The lowest BCUT2D eigenvalue weighted by molar-refractivity contribution is -0.137. The SMILES string of the molecule is CNC(=O)/C(=N/OC)c1cccc(C)c1COC/N=C(\C)c1cccc(C(F)(F)F)c1. The van der Waals surface area contributed by atoms with Crippen LogP contribution in [0.3, 0.4) is 0 Å². The highest BCUT2D eigenvalue weighted by atomic mass is 19.4. The molecule has 0 spiro atoms. The molecule has 0 aliphatic carbocycles. The molecule has 0 fully saturated rings. The number of nitrogens with zero attached hydrogens (tertiary/aromatic N) is 2. The summed E-state index contributed by atoms with van der Waals surface area (Å²) in [7, 11) is 2.84. The summed E-state index contributed by atoms with van der Waals surface area (Å²) in [5, 5.41) is 6.34. The normalized spacial score (nSPS) is 12.6. The summed E-state index contributed by atoms with van der Waals surface area (Å²) >= 11 is 0. The Kier molecular flexibility index (Phi) is 8.32. The van der Waals surface area contributed by atoms with Gasteiger partial charge in [-0.15, -0.1) is 0 Å². The molecule has 0 aromatic heterocycles. The van der Waals surface area contributed by atoms with Gasteiger partial charge < -0.3 is 14.9 Å². The van der Waals surface area contributed by atoms with E-state index >= 15 is 0 Å². The fourth-order valence-electron chi connectivity index (χ4n) is 2.84. The molecule has 31 heavy (non-hydrogen) atoms. The molecule has 0 aliphatic rings. The second-order valence-electron chi connectivity index (χ2n) is 6.60. The number of oxime groups is 1. The molecule has 0 saturated heterocycles. The lowest BCUT2D eigenvalue weighted by Gasteiger charge is -2.13. The molecule has 9 heteroatoms. The minimum absolute atomic E-state index is 0.0629. The predicted octanol–water partition coefficient (Wildman–Crippen LogP) is 4.09. The second kappa shape index (κ2) is 10.7. The number of hydrogen-bond donors (Lipinski definition) is 1. The van der Waals surface area contributed by atoms with Crippen molar-refractivity contribution < 1.29 is 27.5 Å². The zero-order valence-electron chi connectivity index (χ0n) is 17.7. The molecule has 2 aromatic carbocycles. The molecule has 0 radical (unpaired) electrons. The highest BCUT2D eigenvalue weighted by Gasteiger charge is 2.30. The van der Waals surface area contributed by atoms with Gasteiger partial charge in [-0.2, -0.15) is 13.2 Å². The van der Waals surface area contributed by atoms with Crippen LogP contribution in [0, 0.1) is 6.92 Å². The third-order valence-electron chi connectivity index (χ3n) is 4.54. The van der Waals surface area contributed by atoms with Gasteiger partial charge in [0.05, 0.1) is 12.2 Å². The number of halogens is 3. The van der Waals surface area contributed by atoms with Crippen LogP contribution in [0.5, 0.6) is 0 Å². The van der Waals surface area contributed by atoms with E-state index in [2.05, 4.69) is 15.5 Å². The van der Waals surface area contributed by atoms with Crippen molar-refractivity contribution in [2.45, 2.75) is 26.6 Å². The molecule has 0 saturated carbocycles. The van der Waals surface area contributed by atoms with Gasteiger partial charge in [0.15, 0.2) is 5.71 Å². The first-order valence-corrected chi connectivity index (χ1v) is 9.37. The van der Waals surface area contributed by atoms with Crippen LogP contribution in [0.15, 0.2) is 52.6 Å². The quantitative estimate of drug-likeness (QED) is 0.386. The number of aryl methyl sites for hydroxylation is 1. The molecular weight excluding hydrogens is 411 g/mol. The van der Waals surface area contributed by atoms with Crippen molar-refractivity contribution in [2.24, 2.45) is 10.1 Å². The van der Waals surface area contributed by atoms with E-state index in [4.69, 9.17) is 9.57 Å². The first-order valence-electron chi connectivity index (χ1n) is 9.37. The molecule has 0 aliphatic heterocycles. The number of carbonyl (C=O) groups excluding carboxylic acids is 1. The summed E-state index contributed by atoms with van der Waals surface area (Å²) in [5.74, 6) is -0.410. The van der Waals surface area contributed by atoms with Gasteiger partial charge in [0.25, 0.3) is 5.91 Å². The van der Waals surface area contributed by atoms with Crippen LogP contribution in [-0.2, 0) is 27.2 Å². The Balaban J connectivity index is 2.16. The number of hydrogen-bond acceptors (Lipinski definition) is 5. The van der Waals surface area contributed by atoms with Gasteiger partial charge in [-0.3, -0.25) is 9.79 Å². The van der Waals surface area contributed by atoms with Crippen LogP contribution in [0.4, 0.5) is 13.2 Å². The van der Waals surface area contributed by atoms with Crippen LogP contribution in [0.2, 0.25) is 0 Å². The number of likely N-dealkylation sites (N-methyl/N-ethyl adjacent to an activating group) is 1. The topological polar surface area (TPSA) is 72.3 Å². The van der Waals surface area contributed by atoms with Gasteiger partial charge in [0.1, 0.15) is 13.8 Å². The lowest BCUT2D eigenvalue weighted by Crippen LogP contribution is -2.29. The zero-order chi connectivity index (χ0) is 23.0. The van der Waals surface area contributed by atoms with Crippen molar-refractivity contribution in [1.29, 1.82) is 0 Å². The minimum Gasteiger partial charge on any atom is -0.398 e. The van der Waals surface area contributed by atoms with E-state index < -0.39 is 17.6 Å². The van der Waals surface area contributed by atoms with E-state index in [0.717, 1.165) is 23.3 Å². The van der Waals surface area contributed by atoms with Crippen molar-refractivity contribution >= 4 is 17.3 Å². The number of rotatable bonds is 8. The number of carbonyl (C=O) groups is 1. The Morgan fingerprint density at radius 2 is 1.87 bits per heavy atom. The number of benzene rings is 2. The maximum atomic E-state index is 12.9. The standard InChI is InChI=1S/C22H24F3N3O3/c1-14-7-5-10-18(20(28-30-4)21(29)26-3)19(14)12-31-13-27-15(2)16-8-6-9-17(11-16)22(23,24)25/h5-11H,12-13H2,1-4H3,(H,26,29)/b27-15+,28-20+. The van der Waals surface area contributed by atoms with Gasteiger partial charge in [0, 0.05) is 18.3 Å². The third-order valence-corrected chi connectivity index (χ3v) is 4.54. The number of nitrogens with one attached hydrogen (secondary N) is 1. The van der Waals surface area contributed by atoms with Crippen molar-refractivity contribution in [3.8, 4) is 0 Å². The van der Waals surface area contributed by atoms with E-state index in [0.29, 0.717) is 16.8 Å². The van der Waals surface area contributed by atoms with Crippen LogP contribution in [-0.4, -0.2) is 38.2 Å². The first kappa shape index (κ1) is 24.1. The first-order chi connectivity index (χ1) is 14.7. The summed E-state index contributed by atoms with van der Waals surface area (Å²) < 4.78 is 44.3. The molecule has 0 unspecified atom stereocenters. The maximum Gasteiger partial charge on any atom is 0.416 e. The molecular formula is C22H24F3N3O3. The van der Waals surface area contributed by atoms with Crippen LogP contribution >= 0.6 is 0 Å². The molecule has 1 N–H and O–H groups in total. The van der Waals surface area contributed by atoms with Gasteiger partial charge in [-0.05, 0) is 42.7 Å². The third kappa shape index (κ3) is 6.39. The smallest absolute Gasteiger partial charge is 0.398 e. The van der Waals surface area contributed by atoms with Crippen molar-refractivity contribution in [2.75, 3.05) is 20.9 Å². The molecule has 2 rings (SSSR count). The average molecular weight is 435 g/mol. The maximum absolute atomic E-state index is 12.9. The largest absolute Gasteiger partial charge is 0.416 e. The molecule has 166 valence electrons. The fourth-order valence-corrected chi connectivity index (χ4v) is 2.84. The molecule has 1 amide bonds. The highest BCUT2D eigenvalue weighted by molar-refractivity contribution is 6.45. The van der Waals surface area contributed by atoms with Gasteiger partial charge in [0.2, 0.25) is 0 Å². The number of alkyl halides is 3. The Bertz CT molecular complexity index is 985. The van der Waals surface area contributed by atoms with Crippen LogP contribution < -0.4 is 5.32 Å². The highest BCUT2D eigenvalue weighted by Crippen LogP contribution is 2.29. The van der Waals surface area contributed by atoms with Crippen molar-refractivity contribution in [3.63, 3.8) is 0 Å². The molecule has 2 aromatic rings. The van der Waals surface area contributed by atoms with E-state index in [-0.39, 0.29) is 19.0 Å². The molecule has 0 atom stereocenters. The van der Waals surface area contributed by atoms with E-state index in [1.165, 1.54) is 20.2 Å². The number of amides is 1. The van der Waals surface area contributed by atoms with Gasteiger partial charge in [-0.1, -0.05) is 35.5 Å². The van der Waals surface area contributed by atoms with E-state index in [1.54, 1.807) is 25.1 Å². The monoisotopic (exact) mass is 435 g/mol. The van der Waals surface area contributed by atoms with E-state index in [1.807, 2.05) is 13.0 Å². The predicted molar refractivity (Wildman–Crippen MR) is 112 cm³/mol. The number of aliphatic imine (C=N–C) groups is 1. The zero-order valence-corrected chi connectivity index (χ0v) is 17.7. The average Bonchev–Trinajstić information content (AvgIpc) is 2.74. The summed E-state index contributed by atoms with van der Waals surface area (Å²) in [6.07, 6.45) is -4.42. The van der Waals surface area contributed by atoms with Crippen molar-refractivity contribution in [3.05, 3.63) is 70.3 Å². The van der Waals surface area contributed by atoms with Crippen LogP contribution in [0.1, 0.15) is 34.7 Å². The summed E-state index contributed by atoms with van der Waals surface area (Å²) in [4.78, 5) is 21.2. The Hall–Kier alpha value is -3.20. The van der Waals surface area contributed by atoms with Gasteiger partial charge in [-0.25, -0.2) is 0 Å². The number of ether oxygens (including phenoxy) is 1. The Morgan fingerprint density at radius 3 is 2.52 bits per heavy atom. The summed E-state index contributed by atoms with van der Waals surface area (Å²) in [6, 6.07) is 10.4. The second-order valence-corrected chi connectivity index (χ2v) is 6.60. The molecule has 0 heterocycles. The molecule has 6 nitrogen and oxygen atoms in total. The Morgan fingerprint density at radius 1 is 1.16 bits per heavy atom. The fraction of sp³-hybridized carbons (Fsp3) is 0.318. The summed E-state index contributed by atoms with van der Waals surface area (Å²) in [5.41, 5.74) is 2.32. The Labute approximate surface area is 178 Å². The van der Waals surface area contributed by atoms with Crippen LogP contribution in [0.25, 0.3) is 0 Å². The summed E-state index contributed by atoms with van der Waals surface area (Å²) in [6.45, 7) is 3.55. The minimum atomic E-state index is -4.42. The molecule has 0 bridgehead atoms. The van der Waals surface area contributed by atoms with Crippen molar-refractivity contribution in [1.82, 2.24) is 5.32 Å².